The Kier molecular flexibility index (Phi) is 4.41. The smallest absolute Gasteiger partial charge is 0.0112 e. The monoisotopic (exact) mass is 274 g/mol. The molecule has 0 aromatic heterocycles. The highest BCUT2D eigenvalue weighted by Crippen LogP contribution is 2.32. The lowest BCUT2D eigenvalue weighted by Gasteiger charge is -2.22. The van der Waals surface area contributed by atoms with Crippen molar-refractivity contribution in [2.45, 2.75) is 29.6 Å². The summed E-state index contributed by atoms with van der Waals surface area (Å²) in [5.41, 5.74) is 2.68. The lowest BCUT2D eigenvalue weighted by Crippen LogP contribution is -2.08. The Morgan fingerprint density at radius 2 is 1.00 bits per heavy atom. The van der Waals surface area contributed by atoms with Gasteiger partial charge in [0, 0.05) is 15.7 Å². The number of thiol groups is 2. The first-order valence-corrected chi connectivity index (χ1v) is 7.05. The highest BCUT2D eigenvalue weighted by molar-refractivity contribution is 7.80. The normalized spacial score (nSPS) is 11.2. The van der Waals surface area contributed by atoms with Crippen molar-refractivity contribution in [1.82, 2.24) is 0 Å². The minimum Gasteiger partial charge on any atom is -0.143 e. The summed E-state index contributed by atoms with van der Waals surface area (Å²) in [7, 11) is 0. The number of rotatable bonds is 3. The zero-order valence-electron chi connectivity index (χ0n) is 10.7. The highest BCUT2D eigenvalue weighted by Gasteiger charge is 2.17. The molecule has 0 atom stereocenters. The molecule has 2 heteroatoms. The lowest BCUT2D eigenvalue weighted by molar-refractivity contribution is 0.563. The van der Waals surface area contributed by atoms with E-state index in [1.165, 1.54) is 11.1 Å². The molecule has 0 aliphatic carbocycles. The molecule has 0 heterocycles. The van der Waals surface area contributed by atoms with E-state index in [9.17, 15) is 0 Å². The summed E-state index contributed by atoms with van der Waals surface area (Å²) in [4.78, 5) is 2.01. The van der Waals surface area contributed by atoms with E-state index in [-0.39, 0.29) is 0 Å². The molecular weight excluding hydrogens is 256 g/mol. The van der Waals surface area contributed by atoms with Crippen molar-refractivity contribution in [3.05, 3.63) is 59.7 Å². The van der Waals surface area contributed by atoms with E-state index >= 15 is 0 Å². The molecule has 0 nitrogen and oxygen atoms in total. The van der Waals surface area contributed by atoms with Gasteiger partial charge in [-0.1, -0.05) is 38.1 Å². The minimum absolute atomic E-state index is 0.424. The van der Waals surface area contributed by atoms with Gasteiger partial charge in [0.15, 0.2) is 0 Å². The molecule has 0 aliphatic heterocycles. The molecule has 0 aliphatic rings. The van der Waals surface area contributed by atoms with Crippen LogP contribution in [-0.2, 0) is 0 Å². The third-order valence-corrected chi connectivity index (χ3v) is 3.77. The molecule has 0 bridgehead atoms. The predicted molar refractivity (Wildman–Crippen MR) is 84.1 cm³/mol. The molecule has 0 spiro atoms. The number of hydrogen-bond donors (Lipinski definition) is 2. The van der Waals surface area contributed by atoms with Crippen molar-refractivity contribution in [2.24, 2.45) is 5.92 Å². The van der Waals surface area contributed by atoms with Crippen LogP contribution in [0.2, 0.25) is 0 Å². The molecule has 0 N–H and O–H groups in total. The zero-order valence-corrected chi connectivity index (χ0v) is 12.5. The Morgan fingerprint density at radius 3 is 1.28 bits per heavy atom. The molecule has 2 aromatic carbocycles. The molecular formula is C16H18S2. The van der Waals surface area contributed by atoms with E-state index in [0.29, 0.717) is 11.8 Å². The minimum atomic E-state index is 0.424. The van der Waals surface area contributed by atoms with Gasteiger partial charge in [-0.2, -0.15) is 0 Å². The van der Waals surface area contributed by atoms with Crippen molar-refractivity contribution in [1.29, 1.82) is 0 Å². The first kappa shape index (κ1) is 13.6. The van der Waals surface area contributed by atoms with Gasteiger partial charge in [-0.25, -0.2) is 0 Å². The maximum Gasteiger partial charge on any atom is 0.0112 e. The number of hydrogen-bond acceptors (Lipinski definition) is 2. The topological polar surface area (TPSA) is 0 Å². The van der Waals surface area contributed by atoms with Gasteiger partial charge in [0.2, 0.25) is 0 Å². The molecule has 0 amide bonds. The second-order valence-corrected chi connectivity index (χ2v) is 5.94. The van der Waals surface area contributed by atoms with Crippen molar-refractivity contribution in [3.8, 4) is 0 Å². The lowest BCUT2D eigenvalue weighted by atomic mass is 9.83. The summed E-state index contributed by atoms with van der Waals surface area (Å²) in [6, 6.07) is 16.9. The van der Waals surface area contributed by atoms with E-state index in [4.69, 9.17) is 0 Å². The van der Waals surface area contributed by atoms with Gasteiger partial charge >= 0.3 is 0 Å². The van der Waals surface area contributed by atoms with Crippen LogP contribution < -0.4 is 0 Å². The Bertz CT molecular complexity index is 452. The molecule has 18 heavy (non-hydrogen) atoms. The van der Waals surface area contributed by atoms with Gasteiger partial charge in [0.1, 0.15) is 0 Å². The Balaban J connectivity index is 2.39. The van der Waals surface area contributed by atoms with Crippen LogP contribution in [0, 0.1) is 5.92 Å². The fraction of sp³-hybridized carbons (Fsp3) is 0.250. The summed E-state index contributed by atoms with van der Waals surface area (Å²) in [6.45, 7) is 4.52. The SMILES string of the molecule is CC(C)C(c1ccc(S)cc1)c1ccc(S)cc1. The van der Waals surface area contributed by atoms with Crippen LogP contribution in [0.5, 0.6) is 0 Å². The van der Waals surface area contributed by atoms with Crippen molar-refractivity contribution in [2.75, 3.05) is 0 Å². The van der Waals surface area contributed by atoms with Crippen LogP contribution in [0.4, 0.5) is 0 Å². The third-order valence-electron chi connectivity index (χ3n) is 3.17. The first-order chi connectivity index (χ1) is 8.58. The Morgan fingerprint density at radius 1 is 0.667 bits per heavy atom. The van der Waals surface area contributed by atoms with Crippen LogP contribution in [0.25, 0.3) is 0 Å². The van der Waals surface area contributed by atoms with Gasteiger partial charge in [-0.15, -0.1) is 25.3 Å². The second kappa shape index (κ2) is 5.85. The van der Waals surface area contributed by atoms with Gasteiger partial charge in [0.25, 0.3) is 0 Å². The summed E-state index contributed by atoms with van der Waals surface area (Å²) >= 11 is 8.69. The summed E-state index contributed by atoms with van der Waals surface area (Å²) in [5, 5.41) is 0. The highest BCUT2D eigenvalue weighted by atomic mass is 32.1. The standard InChI is InChI=1S/C16H18S2/c1-11(2)16(12-3-7-14(17)8-4-12)13-5-9-15(18)10-6-13/h3-11,16-18H,1-2H3. The van der Waals surface area contributed by atoms with Crippen molar-refractivity contribution < 1.29 is 0 Å². The average molecular weight is 274 g/mol. The van der Waals surface area contributed by atoms with Gasteiger partial charge in [-0.3, -0.25) is 0 Å². The van der Waals surface area contributed by atoms with Gasteiger partial charge in [-0.05, 0) is 41.3 Å². The van der Waals surface area contributed by atoms with Gasteiger partial charge < -0.3 is 0 Å². The molecule has 94 valence electrons. The van der Waals surface area contributed by atoms with Crippen LogP contribution in [0.15, 0.2) is 58.3 Å². The maximum atomic E-state index is 4.34. The van der Waals surface area contributed by atoms with E-state index in [1.54, 1.807) is 0 Å². The third kappa shape index (κ3) is 3.12. The molecule has 0 saturated carbocycles. The molecule has 2 rings (SSSR count). The first-order valence-electron chi connectivity index (χ1n) is 6.16. The Labute approximate surface area is 120 Å². The molecule has 0 fully saturated rings. The van der Waals surface area contributed by atoms with Crippen LogP contribution >= 0.6 is 25.3 Å². The summed E-state index contributed by atoms with van der Waals surface area (Å²) in [6.07, 6.45) is 0. The molecule has 2 aromatic rings. The van der Waals surface area contributed by atoms with Crippen LogP contribution in [0.3, 0.4) is 0 Å². The fourth-order valence-corrected chi connectivity index (χ4v) is 2.62. The van der Waals surface area contributed by atoms with E-state index < -0.39 is 0 Å². The molecule has 0 radical (unpaired) electrons. The zero-order chi connectivity index (χ0) is 13.1. The Hall–Kier alpha value is -0.860. The predicted octanol–water partition coefficient (Wildman–Crippen LogP) is 5.05. The summed E-state index contributed by atoms with van der Waals surface area (Å²) < 4.78 is 0. The van der Waals surface area contributed by atoms with Crippen molar-refractivity contribution in [3.63, 3.8) is 0 Å². The number of benzene rings is 2. The fourth-order valence-electron chi connectivity index (χ4n) is 2.33. The second-order valence-electron chi connectivity index (χ2n) is 4.90. The van der Waals surface area contributed by atoms with Crippen LogP contribution in [-0.4, -0.2) is 0 Å². The van der Waals surface area contributed by atoms with Crippen molar-refractivity contribution >= 4 is 25.3 Å². The average Bonchev–Trinajstić information content (AvgIpc) is 2.34. The van der Waals surface area contributed by atoms with Gasteiger partial charge in [0.05, 0.1) is 0 Å². The van der Waals surface area contributed by atoms with E-state index in [1.807, 2.05) is 0 Å². The largest absolute Gasteiger partial charge is 0.143 e. The quantitative estimate of drug-likeness (QED) is 0.719. The summed E-state index contributed by atoms with van der Waals surface area (Å²) in [5.74, 6) is 0.981. The molecule has 0 unspecified atom stereocenters. The maximum absolute atomic E-state index is 4.34. The van der Waals surface area contributed by atoms with Crippen LogP contribution in [0.1, 0.15) is 30.9 Å². The molecule has 0 saturated heterocycles. The van der Waals surface area contributed by atoms with E-state index in [0.717, 1.165) is 9.79 Å². The van der Waals surface area contributed by atoms with E-state index in [2.05, 4.69) is 87.6 Å².